The SMILES string of the molecule is C/C=C\C(=C/C)c1nc2ccccc2n1-c1ccc(-c2c3ccccc3c(C3=CC=CCC3)c3ccc(-c4ccccc4)cc23)cc1. The van der Waals surface area contributed by atoms with E-state index in [9.17, 15) is 0 Å². The van der Waals surface area contributed by atoms with E-state index in [0.717, 1.165) is 41.0 Å². The highest BCUT2D eigenvalue weighted by Crippen LogP contribution is 2.44. The van der Waals surface area contributed by atoms with Crippen LogP contribution in [0, 0.1) is 0 Å². The molecular weight excluding hydrogens is 569 g/mol. The van der Waals surface area contributed by atoms with E-state index in [-0.39, 0.29) is 0 Å². The Hall–Kier alpha value is -5.73. The second kappa shape index (κ2) is 12.2. The summed E-state index contributed by atoms with van der Waals surface area (Å²) in [6, 6.07) is 44.2. The van der Waals surface area contributed by atoms with Crippen LogP contribution in [0.25, 0.3) is 71.7 Å². The first-order chi connectivity index (χ1) is 23.2. The van der Waals surface area contributed by atoms with Crippen molar-refractivity contribution in [2.45, 2.75) is 26.7 Å². The van der Waals surface area contributed by atoms with Gasteiger partial charge in [-0.15, -0.1) is 0 Å². The summed E-state index contributed by atoms with van der Waals surface area (Å²) in [5, 5.41) is 5.17. The van der Waals surface area contributed by atoms with E-state index in [1.54, 1.807) is 0 Å². The number of nitrogens with zero attached hydrogens (tertiary/aromatic N) is 2. The second-order valence-corrected chi connectivity index (χ2v) is 12.1. The van der Waals surface area contributed by atoms with E-state index in [4.69, 9.17) is 4.98 Å². The Morgan fingerprint density at radius 2 is 1.36 bits per heavy atom. The van der Waals surface area contributed by atoms with Crippen molar-refractivity contribution in [1.82, 2.24) is 9.55 Å². The molecule has 0 N–H and O–H groups in total. The molecule has 0 saturated carbocycles. The number of para-hydroxylation sites is 2. The van der Waals surface area contributed by atoms with Crippen molar-refractivity contribution in [2.75, 3.05) is 0 Å². The van der Waals surface area contributed by atoms with E-state index in [0.29, 0.717) is 0 Å². The molecule has 7 aromatic rings. The summed E-state index contributed by atoms with van der Waals surface area (Å²) >= 11 is 0. The first-order valence-electron chi connectivity index (χ1n) is 16.5. The molecule has 47 heavy (non-hydrogen) atoms. The molecule has 0 aliphatic heterocycles. The molecule has 8 rings (SSSR count). The molecule has 6 aromatic carbocycles. The number of hydrogen-bond donors (Lipinski definition) is 0. The highest BCUT2D eigenvalue weighted by atomic mass is 15.1. The molecule has 0 amide bonds. The summed E-state index contributed by atoms with van der Waals surface area (Å²) in [5.74, 6) is 0.946. The fourth-order valence-electron chi connectivity index (χ4n) is 7.19. The van der Waals surface area contributed by atoms with Gasteiger partial charge in [-0.1, -0.05) is 127 Å². The van der Waals surface area contributed by atoms with Gasteiger partial charge in [0.05, 0.1) is 11.0 Å². The standard InChI is InChI=1S/C45H36N2/c1-3-15-31(4-2)45-46-41-22-13-14-23-42(41)47(45)36-27-24-34(25-28-36)44-38-21-12-11-20-37(38)43(33-18-9-6-10-19-33)39-29-26-35(30-40(39)44)32-16-7-5-8-17-32/h3-9,11-18,20-30H,10,19H2,1-2H3/b15-3-,31-4+. The zero-order valence-electron chi connectivity index (χ0n) is 26.8. The molecule has 0 radical (unpaired) electrons. The number of hydrogen-bond acceptors (Lipinski definition) is 1. The third-order valence-electron chi connectivity index (χ3n) is 9.36. The lowest BCUT2D eigenvalue weighted by Gasteiger charge is -2.21. The fourth-order valence-corrected chi connectivity index (χ4v) is 7.19. The van der Waals surface area contributed by atoms with E-state index in [1.807, 2.05) is 0 Å². The van der Waals surface area contributed by atoms with Gasteiger partial charge in [0.15, 0.2) is 0 Å². The number of allylic oxidation sites excluding steroid dienone is 8. The van der Waals surface area contributed by atoms with Gasteiger partial charge >= 0.3 is 0 Å². The molecule has 226 valence electrons. The molecule has 2 nitrogen and oxygen atoms in total. The monoisotopic (exact) mass is 604 g/mol. The van der Waals surface area contributed by atoms with Crippen LogP contribution < -0.4 is 0 Å². The van der Waals surface area contributed by atoms with Crippen LogP contribution in [-0.4, -0.2) is 9.55 Å². The average Bonchev–Trinajstić information content (AvgIpc) is 3.53. The Morgan fingerprint density at radius 1 is 0.660 bits per heavy atom. The number of aromatic nitrogens is 2. The van der Waals surface area contributed by atoms with E-state index in [2.05, 4.69) is 176 Å². The van der Waals surface area contributed by atoms with Crippen LogP contribution in [0.2, 0.25) is 0 Å². The van der Waals surface area contributed by atoms with Crippen molar-refractivity contribution in [3.8, 4) is 27.9 Å². The Labute approximate surface area is 276 Å². The Kier molecular flexibility index (Phi) is 7.47. The second-order valence-electron chi connectivity index (χ2n) is 12.1. The maximum Gasteiger partial charge on any atom is 0.145 e. The molecule has 0 fully saturated rings. The predicted octanol–water partition coefficient (Wildman–Crippen LogP) is 12.4. The van der Waals surface area contributed by atoms with Gasteiger partial charge < -0.3 is 0 Å². The lowest BCUT2D eigenvalue weighted by molar-refractivity contribution is 1.06. The number of fused-ring (bicyclic) bond motifs is 3. The van der Waals surface area contributed by atoms with E-state index in [1.165, 1.54) is 54.9 Å². The molecule has 0 bridgehead atoms. The molecule has 1 aliphatic carbocycles. The lowest BCUT2D eigenvalue weighted by atomic mass is 9.83. The first kappa shape index (κ1) is 28.7. The number of imidazole rings is 1. The molecule has 0 spiro atoms. The average molecular weight is 605 g/mol. The summed E-state index contributed by atoms with van der Waals surface area (Å²) in [7, 11) is 0. The van der Waals surface area contributed by atoms with E-state index >= 15 is 0 Å². The molecule has 0 saturated heterocycles. The molecular formula is C45H36N2. The third kappa shape index (κ3) is 5.03. The van der Waals surface area contributed by atoms with Crippen molar-refractivity contribution < 1.29 is 0 Å². The lowest BCUT2D eigenvalue weighted by Crippen LogP contribution is -2.00. The molecule has 1 heterocycles. The van der Waals surface area contributed by atoms with Gasteiger partial charge in [0, 0.05) is 11.3 Å². The Morgan fingerprint density at radius 3 is 2.11 bits per heavy atom. The summed E-state index contributed by atoms with van der Waals surface area (Å²) in [5.41, 5.74) is 12.0. The van der Waals surface area contributed by atoms with Gasteiger partial charge in [-0.2, -0.15) is 0 Å². The van der Waals surface area contributed by atoms with Crippen LogP contribution in [-0.2, 0) is 0 Å². The minimum absolute atomic E-state index is 0.946. The van der Waals surface area contributed by atoms with Crippen LogP contribution in [0.4, 0.5) is 0 Å². The number of rotatable bonds is 6. The topological polar surface area (TPSA) is 17.8 Å². The largest absolute Gasteiger partial charge is 0.292 e. The quantitative estimate of drug-likeness (QED) is 0.136. The maximum atomic E-state index is 5.07. The van der Waals surface area contributed by atoms with Gasteiger partial charge in [0.2, 0.25) is 0 Å². The van der Waals surface area contributed by atoms with Gasteiger partial charge in [-0.05, 0) is 112 Å². The summed E-state index contributed by atoms with van der Waals surface area (Å²) in [4.78, 5) is 5.07. The van der Waals surface area contributed by atoms with Crippen molar-refractivity contribution in [3.05, 3.63) is 169 Å². The molecule has 0 atom stereocenters. The van der Waals surface area contributed by atoms with Crippen LogP contribution in [0.15, 0.2) is 158 Å². The maximum absolute atomic E-state index is 5.07. The van der Waals surface area contributed by atoms with Crippen LogP contribution in [0.5, 0.6) is 0 Å². The summed E-state index contributed by atoms with van der Waals surface area (Å²) in [6.07, 6.45) is 15.3. The van der Waals surface area contributed by atoms with Gasteiger partial charge in [0.1, 0.15) is 5.82 Å². The van der Waals surface area contributed by atoms with Crippen molar-refractivity contribution >= 4 is 43.7 Å². The Balaban J connectivity index is 1.38. The van der Waals surface area contributed by atoms with Crippen LogP contribution >= 0.6 is 0 Å². The van der Waals surface area contributed by atoms with Gasteiger partial charge in [-0.3, -0.25) is 4.57 Å². The molecule has 2 heteroatoms. The van der Waals surface area contributed by atoms with Crippen LogP contribution in [0.1, 0.15) is 38.1 Å². The summed E-state index contributed by atoms with van der Waals surface area (Å²) < 4.78 is 2.28. The highest BCUT2D eigenvalue weighted by Gasteiger charge is 2.20. The number of benzene rings is 6. The molecule has 1 aromatic heterocycles. The Bertz CT molecular complexity index is 2400. The predicted molar refractivity (Wildman–Crippen MR) is 202 cm³/mol. The van der Waals surface area contributed by atoms with Crippen molar-refractivity contribution in [1.29, 1.82) is 0 Å². The highest BCUT2D eigenvalue weighted by molar-refractivity contribution is 6.19. The smallest absolute Gasteiger partial charge is 0.145 e. The minimum atomic E-state index is 0.946. The van der Waals surface area contributed by atoms with Gasteiger partial charge in [0.25, 0.3) is 0 Å². The molecule has 1 aliphatic rings. The summed E-state index contributed by atoms with van der Waals surface area (Å²) in [6.45, 7) is 4.13. The first-order valence-corrected chi connectivity index (χ1v) is 16.5. The van der Waals surface area contributed by atoms with Gasteiger partial charge in [-0.25, -0.2) is 4.98 Å². The normalized spacial score (nSPS) is 13.7. The minimum Gasteiger partial charge on any atom is -0.292 e. The molecule has 0 unspecified atom stereocenters. The van der Waals surface area contributed by atoms with Crippen LogP contribution in [0.3, 0.4) is 0 Å². The van der Waals surface area contributed by atoms with Crippen molar-refractivity contribution in [2.24, 2.45) is 0 Å². The van der Waals surface area contributed by atoms with E-state index < -0.39 is 0 Å². The zero-order chi connectivity index (χ0) is 31.7. The third-order valence-corrected chi connectivity index (χ3v) is 9.36. The zero-order valence-corrected chi connectivity index (χ0v) is 26.8. The fraction of sp³-hybridized carbons (Fsp3) is 0.0889. The van der Waals surface area contributed by atoms with Crippen molar-refractivity contribution in [3.63, 3.8) is 0 Å².